The lowest BCUT2D eigenvalue weighted by molar-refractivity contribution is 0.417. The molecule has 0 atom stereocenters. The average Bonchev–Trinajstić information content (AvgIpc) is 2.09. The van der Waals surface area contributed by atoms with Crippen molar-refractivity contribution in [1.29, 1.82) is 0 Å². The van der Waals surface area contributed by atoms with Crippen molar-refractivity contribution in [3.63, 3.8) is 0 Å². The molecule has 1 aromatic rings. The smallest absolute Gasteiger partial charge is 0.240 e. The van der Waals surface area contributed by atoms with Gasteiger partial charge in [-0.25, -0.2) is 4.79 Å². The third-order valence-electron chi connectivity index (χ3n) is 1.39. The molecule has 0 aromatic heterocycles. The van der Waals surface area contributed by atoms with Crippen molar-refractivity contribution in [1.82, 2.24) is 0 Å². The number of carbonyl (C=O) groups excluding carboxylic acids is 1. The summed E-state index contributed by atoms with van der Waals surface area (Å²) in [6.45, 7) is 0. The Morgan fingerprint density at radius 3 is 2.92 bits per heavy atom. The Balaban J connectivity index is 3.13. The second-order valence-corrected chi connectivity index (χ2v) is 2.13. The topological polar surface area (TPSA) is 64.7 Å². The minimum atomic E-state index is 0.482. The van der Waals surface area contributed by atoms with E-state index >= 15 is 0 Å². The molecule has 0 heterocycles. The summed E-state index contributed by atoms with van der Waals surface area (Å²) >= 11 is 0. The molecule has 0 fully saturated rings. The molecule has 2 N–H and O–H groups in total. The molecule has 0 amide bonds. The second kappa shape index (κ2) is 3.55. The van der Waals surface area contributed by atoms with Crippen molar-refractivity contribution < 1.29 is 9.53 Å². The van der Waals surface area contributed by atoms with Gasteiger partial charge in [-0.3, -0.25) is 0 Å². The highest BCUT2D eigenvalue weighted by atomic mass is 16.5. The van der Waals surface area contributed by atoms with Crippen molar-refractivity contribution in [3.05, 3.63) is 18.2 Å². The summed E-state index contributed by atoms with van der Waals surface area (Å²) in [5.41, 5.74) is 6.53. The maximum Gasteiger partial charge on any atom is 0.240 e. The largest absolute Gasteiger partial charge is 0.495 e. The molecular weight excluding hydrogens is 156 g/mol. The van der Waals surface area contributed by atoms with Gasteiger partial charge < -0.3 is 10.5 Å². The van der Waals surface area contributed by atoms with Crippen LogP contribution in [0, 0.1) is 0 Å². The molecule has 1 rings (SSSR count). The molecule has 0 bridgehead atoms. The zero-order valence-corrected chi connectivity index (χ0v) is 6.57. The first-order valence-electron chi connectivity index (χ1n) is 3.29. The Morgan fingerprint density at radius 1 is 1.58 bits per heavy atom. The molecule has 0 aliphatic rings. The highest BCUT2D eigenvalue weighted by molar-refractivity contribution is 5.61. The van der Waals surface area contributed by atoms with E-state index < -0.39 is 0 Å². The third-order valence-corrected chi connectivity index (χ3v) is 1.39. The number of anilines is 1. The van der Waals surface area contributed by atoms with Gasteiger partial charge in [0.1, 0.15) is 5.75 Å². The average molecular weight is 164 g/mol. The van der Waals surface area contributed by atoms with Crippen LogP contribution in [0.15, 0.2) is 23.2 Å². The number of aliphatic imine (C=N–C) groups is 1. The standard InChI is InChI=1S/C8H8N2O2/c1-12-8-4-6(10-5-11)2-3-7(8)9/h2-4H,9H2,1H3. The highest BCUT2D eigenvalue weighted by Gasteiger charge is 1.98. The number of nitrogens with two attached hydrogens (primary N) is 1. The van der Waals surface area contributed by atoms with Gasteiger partial charge in [0.25, 0.3) is 0 Å². The van der Waals surface area contributed by atoms with Crippen LogP contribution in [0.5, 0.6) is 5.75 Å². The number of nitrogen functional groups attached to an aromatic ring is 1. The zero-order valence-electron chi connectivity index (χ0n) is 6.57. The van der Waals surface area contributed by atoms with Crippen molar-refractivity contribution in [2.75, 3.05) is 12.8 Å². The van der Waals surface area contributed by atoms with Crippen LogP contribution in [0.1, 0.15) is 0 Å². The summed E-state index contributed by atoms with van der Waals surface area (Å²) < 4.78 is 4.92. The van der Waals surface area contributed by atoms with Gasteiger partial charge in [0.05, 0.1) is 18.5 Å². The van der Waals surface area contributed by atoms with Gasteiger partial charge in [-0.15, -0.1) is 0 Å². The van der Waals surface area contributed by atoms with Crippen LogP contribution in [0.25, 0.3) is 0 Å². The minimum Gasteiger partial charge on any atom is -0.495 e. The Hall–Kier alpha value is -1.80. The zero-order chi connectivity index (χ0) is 8.97. The van der Waals surface area contributed by atoms with Crippen molar-refractivity contribution >= 4 is 17.5 Å². The predicted octanol–water partition coefficient (Wildman–Crippen LogP) is 1.24. The fourth-order valence-corrected chi connectivity index (χ4v) is 0.822. The van der Waals surface area contributed by atoms with Crippen molar-refractivity contribution in [2.24, 2.45) is 4.99 Å². The highest BCUT2D eigenvalue weighted by Crippen LogP contribution is 2.26. The summed E-state index contributed by atoms with van der Waals surface area (Å²) in [5, 5.41) is 0. The summed E-state index contributed by atoms with van der Waals surface area (Å²) in [7, 11) is 1.50. The van der Waals surface area contributed by atoms with Crippen LogP contribution in [0.2, 0.25) is 0 Å². The summed E-state index contributed by atoms with van der Waals surface area (Å²) in [6.07, 6.45) is 1.43. The molecule has 4 heteroatoms. The Bertz CT molecular complexity index is 330. The lowest BCUT2D eigenvalue weighted by atomic mass is 10.2. The van der Waals surface area contributed by atoms with Gasteiger partial charge in [-0.2, -0.15) is 4.99 Å². The number of benzene rings is 1. The summed E-state index contributed by atoms with van der Waals surface area (Å²) in [5.74, 6) is 0.506. The van der Waals surface area contributed by atoms with Crippen LogP contribution in [0.3, 0.4) is 0 Å². The number of hydrogen-bond acceptors (Lipinski definition) is 4. The first kappa shape index (κ1) is 8.30. The lowest BCUT2D eigenvalue weighted by Crippen LogP contribution is -1.90. The van der Waals surface area contributed by atoms with E-state index in [1.807, 2.05) is 0 Å². The third kappa shape index (κ3) is 1.62. The van der Waals surface area contributed by atoms with Gasteiger partial charge in [-0.05, 0) is 12.1 Å². The van der Waals surface area contributed by atoms with Crippen LogP contribution in [-0.4, -0.2) is 13.2 Å². The first-order valence-corrected chi connectivity index (χ1v) is 3.29. The van der Waals surface area contributed by atoms with Crippen molar-refractivity contribution in [2.45, 2.75) is 0 Å². The fourth-order valence-electron chi connectivity index (χ4n) is 0.822. The monoisotopic (exact) mass is 164 g/mol. The van der Waals surface area contributed by atoms with Gasteiger partial charge in [0.2, 0.25) is 6.08 Å². The quantitative estimate of drug-likeness (QED) is 0.406. The molecule has 0 spiro atoms. The van der Waals surface area contributed by atoms with Gasteiger partial charge in [0, 0.05) is 6.07 Å². The summed E-state index contributed by atoms with van der Waals surface area (Å²) in [4.78, 5) is 13.3. The second-order valence-electron chi connectivity index (χ2n) is 2.13. The van der Waals surface area contributed by atoms with Crippen LogP contribution < -0.4 is 10.5 Å². The van der Waals surface area contributed by atoms with E-state index in [1.165, 1.54) is 13.2 Å². The molecule has 62 valence electrons. The molecule has 1 aromatic carbocycles. The number of ether oxygens (including phenoxy) is 1. The van der Waals surface area contributed by atoms with E-state index in [4.69, 9.17) is 10.5 Å². The number of hydrogen-bond donors (Lipinski definition) is 1. The van der Waals surface area contributed by atoms with E-state index in [9.17, 15) is 4.79 Å². The SMILES string of the molecule is COc1cc(N=C=O)ccc1N. The van der Waals surface area contributed by atoms with E-state index in [0.29, 0.717) is 17.1 Å². The van der Waals surface area contributed by atoms with Gasteiger partial charge in [0.15, 0.2) is 0 Å². The Kier molecular flexibility index (Phi) is 2.46. The van der Waals surface area contributed by atoms with Crippen LogP contribution in [0.4, 0.5) is 11.4 Å². The molecule has 0 saturated heterocycles. The number of rotatable bonds is 2. The molecule has 0 unspecified atom stereocenters. The maximum absolute atomic E-state index is 9.90. The van der Waals surface area contributed by atoms with E-state index in [0.717, 1.165) is 0 Å². The molecular formula is C8H8N2O2. The molecule has 12 heavy (non-hydrogen) atoms. The predicted molar refractivity (Wildman–Crippen MR) is 45.2 cm³/mol. The number of nitrogens with zero attached hydrogens (tertiary/aromatic N) is 1. The maximum atomic E-state index is 9.90. The molecule has 0 radical (unpaired) electrons. The number of methoxy groups -OCH3 is 1. The molecule has 0 aliphatic heterocycles. The molecule has 0 saturated carbocycles. The van der Waals surface area contributed by atoms with E-state index in [-0.39, 0.29) is 0 Å². The molecule has 0 aliphatic carbocycles. The van der Waals surface area contributed by atoms with E-state index in [2.05, 4.69) is 4.99 Å². The fraction of sp³-hybridized carbons (Fsp3) is 0.125. The van der Waals surface area contributed by atoms with Crippen LogP contribution in [-0.2, 0) is 4.79 Å². The minimum absolute atomic E-state index is 0.482. The van der Waals surface area contributed by atoms with Crippen LogP contribution >= 0.6 is 0 Å². The Labute approximate surface area is 69.7 Å². The number of isocyanates is 1. The summed E-state index contributed by atoms with van der Waals surface area (Å²) in [6, 6.07) is 4.80. The van der Waals surface area contributed by atoms with Crippen molar-refractivity contribution in [3.8, 4) is 5.75 Å². The van der Waals surface area contributed by atoms with Gasteiger partial charge in [-0.1, -0.05) is 0 Å². The van der Waals surface area contributed by atoms with E-state index in [1.54, 1.807) is 18.2 Å². The normalized spacial score (nSPS) is 8.75. The first-order chi connectivity index (χ1) is 5.77. The Morgan fingerprint density at radius 2 is 2.33 bits per heavy atom. The lowest BCUT2D eigenvalue weighted by Gasteiger charge is -2.02. The molecule has 4 nitrogen and oxygen atoms in total. The van der Waals surface area contributed by atoms with Gasteiger partial charge >= 0.3 is 0 Å².